The number of hydrogen-bond donors (Lipinski definition) is 1. The molecule has 0 saturated heterocycles. The zero-order chi connectivity index (χ0) is 14.8. The zero-order valence-corrected chi connectivity index (χ0v) is 12.5. The molecule has 21 heavy (non-hydrogen) atoms. The van der Waals surface area contributed by atoms with Crippen molar-refractivity contribution >= 4 is 5.91 Å². The first-order valence-corrected chi connectivity index (χ1v) is 7.69. The highest BCUT2D eigenvalue weighted by Gasteiger charge is 2.35. The molecule has 2 heterocycles. The fourth-order valence-electron chi connectivity index (χ4n) is 3.46. The minimum absolute atomic E-state index is 0.00597. The van der Waals surface area contributed by atoms with E-state index >= 15 is 0 Å². The van der Waals surface area contributed by atoms with Crippen molar-refractivity contribution in [3.8, 4) is 0 Å². The van der Waals surface area contributed by atoms with E-state index in [0.29, 0.717) is 6.54 Å². The number of carbonyl (C=O) groups is 1. The van der Waals surface area contributed by atoms with Crippen molar-refractivity contribution in [3.63, 3.8) is 0 Å². The number of pyridine rings is 1. The third-order valence-electron chi connectivity index (χ3n) is 4.77. The Balaban J connectivity index is 1.67. The highest BCUT2D eigenvalue weighted by molar-refractivity contribution is 5.79. The third kappa shape index (κ3) is 2.94. The fraction of sp³-hybridized carbons (Fsp3) is 0.625. The summed E-state index contributed by atoms with van der Waals surface area (Å²) in [5.41, 5.74) is 8.34. The van der Waals surface area contributed by atoms with E-state index in [0.717, 1.165) is 37.9 Å². The van der Waals surface area contributed by atoms with Crippen LogP contribution in [0.2, 0.25) is 0 Å². The van der Waals surface area contributed by atoms with Crippen LogP contribution in [0.15, 0.2) is 18.3 Å². The Morgan fingerprint density at radius 2 is 2.33 bits per heavy atom. The van der Waals surface area contributed by atoms with E-state index in [4.69, 9.17) is 10.5 Å². The standard InChI is InChI=1S/C16H23N3O2/c1-21-15-9-11(4-5-13(15)17)16(20)19-8-6-14-12(10-19)3-2-7-18-14/h2-3,7,11,13,15H,4-6,8-10,17H2,1H3/t11-,13+,15+/m0/s1. The summed E-state index contributed by atoms with van der Waals surface area (Å²) in [7, 11) is 1.68. The molecule has 0 aromatic carbocycles. The summed E-state index contributed by atoms with van der Waals surface area (Å²) < 4.78 is 5.42. The molecule has 5 heteroatoms. The minimum atomic E-state index is 0.00597. The summed E-state index contributed by atoms with van der Waals surface area (Å²) >= 11 is 0. The van der Waals surface area contributed by atoms with Crippen LogP contribution in [-0.4, -0.2) is 41.6 Å². The van der Waals surface area contributed by atoms with Crippen LogP contribution in [0.3, 0.4) is 0 Å². The van der Waals surface area contributed by atoms with Crippen molar-refractivity contribution in [1.29, 1.82) is 0 Å². The number of fused-ring (bicyclic) bond motifs is 1. The van der Waals surface area contributed by atoms with E-state index in [1.54, 1.807) is 7.11 Å². The summed E-state index contributed by atoms with van der Waals surface area (Å²) in [6.07, 6.45) is 5.15. The summed E-state index contributed by atoms with van der Waals surface area (Å²) in [5.74, 6) is 0.298. The molecule has 3 atom stereocenters. The average molecular weight is 289 g/mol. The fourth-order valence-corrected chi connectivity index (χ4v) is 3.46. The van der Waals surface area contributed by atoms with Gasteiger partial charge in [-0.05, 0) is 30.9 Å². The van der Waals surface area contributed by atoms with Gasteiger partial charge in [-0.3, -0.25) is 9.78 Å². The lowest BCUT2D eigenvalue weighted by atomic mass is 9.83. The van der Waals surface area contributed by atoms with Crippen LogP contribution in [0, 0.1) is 5.92 Å². The van der Waals surface area contributed by atoms with Crippen LogP contribution >= 0.6 is 0 Å². The van der Waals surface area contributed by atoms with E-state index in [2.05, 4.69) is 11.1 Å². The van der Waals surface area contributed by atoms with Crippen molar-refractivity contribution in [3.05, 3.63) is 29.6 Å². The first-order valence-electron chi connectivity index (χ1n) is 7.69. The minimum Gasteiger partial charge on any atom is -0.380 e. The molecule has 0 bridgehead atoms. The predicted octanol–water partition coefficient (Wildman–Crippen LogP) is 1.11. The molecule has 1 fully saturated rings. The Kier molecular flexibility index (Phi) is 4.22. The first kappa shape index (κ1) is 14.5. The maximum atomic E-state index is 12.7. The maximum Gasteiger partial charge on any atom is 0.226 e. The summed E-state index contributed by atoms with van der Waals surface area (Å²) in [6, 6.07) is 4.06. The molecular formula is C16H23N3O2. The first-order chi connectivity index (χ1) is 10.2. The molecule has 0 unspecified atom stereocenters. The van der Waals surface area contributed by atoms with Crippen molar-refractivity contribution in [1.82, 2.24) is 9.88 Å². The van der Waals surface area contributed by atoms with Crippen LogP contribution in [0.5, 0.6) is 0 Å². The topological polar surface area (TPSA) is 68.5 Å². The Hall–Kier alpha value is -1.46. The van der Waals surface area contributed by atoms with E-state index in [-0.39, 0.29) is 24.0 Å². The van der Waals surface area contributed by atoms with Gasteiger partial charge >= 0.3 is 0 Å². The van der Waals surface area contributed by atoms with Crippen molar-refractivity contribution in [2.24, 2.45) is 11.7 Å². The normalized spacial score (nSPS) is 29.0. The third-order valence-corrected chi connectivity index (χ3v) is 4.77. The van der Waals surface area contributed by atoms with Gasteiger partial charge in [-0.25, -0.2) is 0 Å². The van der Waals surface area contributed by atoms with Crippen LogP contribution in [-0.2, 0) is 22.5 Å². The molecule has 0 spiro atoms. The van der Waals surface area contributed by atoms with Gasteiger partial charge in [-0.15, -0.1) is 0 Å². The molecule has 5 nitrogen and oxygen atoms in total. The second-order valence-electron chi connectivity index (χ2n) is 6.07. The number of hydrogen-bond acceptors (Lipinski definition) is 4. The van der Waals surface area contributed by atoms with Crippen LogP contribution in [0.25, 0.3) is 0 Å². The van der Waals surface area contributed by atoms with E-state index < -0.39 is 0 Å². The second kappa shape index (κ2) is 6.12. The molecule has 1 saturated carbocycles. The van der Waals surface area contributed by atoms with Crippen LogP contribution in [0.1, 0.15) is 30.5 Å². The zero-order valence-electron chi connectivity index (χ0n) is 12.5. The van der Waals surface area contributed by atoms with Gasteiger partial charge in [-0.1, -0.05) is 6.07 Å². The largest absolute Gasteiger partial charge is 0.380 e. The van der Waals surface area contributed by atoms with Gasteiger partial charge in [-0.2, -0.15) is 0 Å². The van der Waals surface area contributed by atoms with Gasteiger partial charge in [0.05, 0.1) is 6.10 Å². The quantitative estimate of drug-likeness (QED) is 0.885. The smallest absolute Gasteiger partial charge is 0.226 e. The number of methoxy groups -OCH3 is 1. The van der Waals surface area contributed by atoms with E-state index in [1.807, 2.05) is 17.2 Å². The molecule has 1 aromatic rings. The van der Waals surface area contributed by atoms with Gasteiger partial charge in [0.2, 0.25) is 5.91 Å². The average Bonchev–Trinajstić information content (AvgIpc) is 2.54. The Labute approximate surface area is 125 Å². The molecule has 1 aliphatic carbocycles. The molecule has 2 N–H and O–H groups in total. The summed E-state index contributed by atoms with van der Waals surface area (Å²) in [4.78, 5) is 19.1. The lowest BCUT2D eigenvalue weighted by molar-refractivity contribution is -0.139. The molecule has 1 amide bonds. The highest BCUT2D eigenvalue weighted by atomic mass is 16.5. The van der Waals surface area contributed by atoms with Crippen molar-refractivity contribution < 1.29 is 9.53 Å². The number of carbonyl (C=O) groups excluding carboxylic acids is 1. The van der Waals surface area contributed by atoms with Gasteiger partial charge < -0.3 is 15.4 Å². The van der Waals surface area contributed by atoms with Crippen molar-refractivity contribution in [2.75, 3.05) is 13.7 Å². The number of ether oxygens (including phenoxy) is 1. The molecule has 1 aliphatic heterocycles. The molecular weight excluding hydrogens is 266 g/mol. The number of rotatable bonds is 2. The maximum absolute atomic E-state index is 12.7. The van der Waals surface area contributed by atoms with Gasteiger partial charge in [0.25, 0.3) is 0 Å². The van der Waals surface area contributed by atoms with Crippen molar-refractivity contribution in [2.45, 2.75) is 44.4 Å². The number of amides is 1. The number of aromatic nitrogens is 1. The molecule has 3 rings (SSSR count). The summed E-state index contributed by atoms with van der Waals surface area (Å²) in [6.45, 7) is 1.45. The second-order valence-corrected chi connectivity index (χ2v) is 6.07. The molecule has 2 aliphatic rings. The highest BCUT2D eigenvalue weighted by Crippen LogP contribution is 2.28. The Morgan fingerprint density at radius 1 is 1.48 bits per heavy atom. The van der Waals surface area contributed by atoms with Gasteiger partial charge in [0.15, 0.2) is 0 Å². The lowest BCUT2D eigenvalue weighted by Gasteiger charge is -2.36. The van der Waals surface area contributed by atoms with E-state index in [9.17, 15) is 4.79 Å². The van der Waals surface area contributed by atoms with Gasteiger partial charge in [0, 0.05) is 50.5 Å². The van der Waals surface area contributed by atoms with Crippen LogP contribution in [0.4, 0.5) is 0 Å². The molecule has 114 valence electrons. The Morgan fingerprint density at radius 3 is 3.14 bits per heavy atom. The van der Waals surface area contributed by atoms with E-state index in [1.165, 1.54) is 5.56 Å². The lowest BCUT2D eigenvalue weighted by Crippen LogP contribution is -2.47. The SMILES string of the molecule is CO[C@@H]1C[C@@H](C(=O)N2CCc3ncccc3C2)CC[C@H]1N. The summed E-state index contributed by atoms with van der Waals surface area (Å²) in [5, 5.41) is 0. The monoisotopic (exact) mass is 289 g/mol. The molecule has 0 radical (unpaired) electrons. The molecule has 1 aromatic heterocycles. The van der Waals surface area contributed by atoms with Gasteiger partial charge in [0.1, 0.15) is 0 Å². The number of nitrogens with zero attached hydrogens (tertiary/aromatic N) is 2. The predicted molar refractivity (Wildman–Crippen MR) is 79.5 cm³/mol. The Bertz CT molecular complexity index is 520. The number of nitrogens with two attached hydrogens (primary N) is 1. The van der Waals surface area contributed by atoms with Crippen LogP contribution < -0.4 is 5.73 Å².